The van der Waals surface area contributed by atoms with Gasteiger partial charge in [-0.15, -0.1) is 0 Å². The highest BCUT2D eigenvalue weighted by atomic mass is 35.5. The Morgan fingerprint density at radius 3 is 2.37 bits per heavy atom. The predicted molar refractivity (Wildman–Crippen MR) is 74.5 cm³/mol. The molecule has 19 heavy (non-hydrogen) atoms. The van der Waals surface area contributed by atoms with E-state index >= 15 is 0 Å². The number of carbonyl (C=O) groups excluding carboxylic acids is 1. The summed E-state index contributed by atoms with van der Waals surface area (Å²) in [5.74, 6) is -1.42. The molecule has 0 saturated carbocycles. The van der Waals surface area contributed by atoms with Gasteiger partial charge in [0.05, 0.1) is 16.1 Å². The van der Waals surface area contributed by atoms with Crippen molar-refractivity contribution in [1.82, 2.24) is 0 Å². The largest absolute Gasteiger partial charge is 0.478 e. The van der Waals surface area contributed by atoms with Gasteiger partial charge in [0, 0.05) is 5.69 Å². The second-order valence-corrected chi connectivity index (χ2v) is 4.72. The van der Waals surface area contributed by atoms with Crippen LogP contribution in [0.3, 0.4) is 0 Å². The molecule has 1 amide bonds. The highest BCUT2D eigenvalue weighted by molar-refractivity contribution is 6.33. The molecule has 0 saturated heterocycles. The van der Waals surface area contributed by atoms with Crippen molar-refractivity contribution in [2.45, 2.75) is 32.2 Å². The maximum absolute atomic E-state index is 12.0. The lowest BCUT2D eigenvalue weighted by atomic mass is 9.93. The number of nitrogens with one attached hydrogen (secondary N) is 1. The number of carboxylic acid groups (broad SMARTS) is 1. The minimum atomic E-state index is -1.11. The van der Waals surface area contributed by atoms with Crippen molar-refractivity contribution in [3.8, 4) is 0 Å². The summed E-state index contributed by atoms with van der Waals surface area (Å²) in [7, 11) is 0. The van der Waals surface area contributed by atoms with E-state index in [0.29, 0.717) is 18.5 Å². The zero-order chi connectivity index (χ0) is 14.6. The molecule has 6 heteroatoms. The molecule has 0 unspecified atom stereocenters. The van der Waals surface area contributed by atoms with Crippen LogP contribution in [0.4, 0.5) is 5.69 Å². The summed E-state index contributed by atoms with van der Waals surface area (Å²) in [5.41, 5.74) is 5.45. The number of carbonyl (C=O) groups is 2. The molecular weight excluding hydrogens is 268 g/mol. The number of hydrogen-bond donors (Lipinski definition) is 3. The van der Waals surface area contributed by atoms with Crippen LogP contribution in [0, 0.1) is 0 Å². The highest BCUT2D eigenvalue weighted by Crippen LogP contribution is 2.22. The lowest BCUT2D eigenvalue weighted by Gasteiger charge is -2.25. The number of hydrogen-bond acceptors (Lipinski definition) is 3. The van der Waals surface area contributed by atoms with Gasteiger partial charge in [0.25, 0.3) is 0 Å². The summed E-state index contributed by atoms with van der Waals surface area (Å²) in [6, 6.07) is 4.23. The first-order valence-electron chi connectivity index (χ1n) is 5.97. The lowest BCUT2D eigenvalue weighted by Crippen LogP contribution is -2.50. The molecule has 0 heterocycles. The van der Waals surface area contributed by atoms with Gasteiger partial charge in [-0.25, -0.2) is 4.79 Å². The lowest BCUT2D eigenvalue weighted by molar-refractivity contribution is -0.121. The molecule has 0 radical (unpaired) electrons. The van der Waals surface area contributed by atoms with Crippen molar-refractivity contribution in [3.63, 3.8) is 0 Å². The van der Waals surface area contributed by atoms with E-state index in [1.54, 1.807) is 0 Å². The zero-order valence-corrected chi connectivity index (χ0v) is 11.6. The molecule has 0 aromatic heterocycles. The number of anilines is 1. The maximum atomic E-state index is 12.0. The van der Waals surface area contributed by atoms with Gasteiger partial charge in [0.2, 0.25) is 5.91 Å². The fraction of sp³-hybridized carbons (Fsp3) is 0.385. The Bertz CT molecular complexity index is 499. The van der Waals surface area contributed by atoms with Crippen LogP contribution in [0.25, 0.3) is 0 Å². The number of benzene rings is 1. The Morgan fingerprint density at radius 2 is 1.95 bits per heavy atom. The zero-order valence-electron chi connectivity index (χ0n) is 10.9. The maximum Gasteiger partial charge on any atom is 0.337 e. The minimum absolute atomic E-state index is 0.00957. The van der Waals surface area contributed by atoms with E-state index in [9.17, 15) is 9.59 Å². The third kappa shape index (κ3) is 3.45. The van der Waals surface area contributed by atoms with Crippen molar-refractivity contribution < 1.29 is 14.7 Å². The first-order chi connectivity index (χ1) is 8.84. The topological polar surface area (TPSA) is 92.4 Å². The van der Waals surface area contributed by atoms with Crippen LogP contribution in [0.5, 0.6) is 0 Å². The van der Waals surface area contributed by atoms with Crippen molar-refractivity contribution in [2.75, 3.05) is 5.32 Å². The average Bonchev–Trinajstić information content (AvgIpc) is 2.37. The van der Waals surface area contributed by atoms with Crippen molar-refractivity contribution in [1.29, 1.82) is 0 Å². The van der Waals surface area contributed by atoms with E-state index in [2.05, 4.69) is 5.32 Å². The summed E-state index contributed by atoms with van der Waals surface area (Å²) in [4.78, 5) is 22.8. The smallest absolute Gasteiger partial charge is 0.337 e. The fourth-order valence-electron chi connectivity index (χ4n) is 1.59. The molecule has 5 nitrogen and oxygen atoms in total. The van der Waals surface area contributed by atoms with E-state index < -0.39 is 11.5 Å². The Kier molecular flexibility index (Phi) is 4.91. The van der Waals surface area contributed by atoms with Crippen molar-refractivity contribution in [3.05, 3.63) is 28.8 Å². The van der Waals surface area contributed by atoms with Crippen LogP contribution in [-0.4, -0.2) is 22.5 Å². The quantitative estimate of drug-likeness (QED) is 0.774. The normalized spacial score (nSPS) is 11.2. The molecule has 0 aliphatic carbocycles. The summed E-state index contributed by atoms with van der Waals surface area (Å²) in [5, 5.41) is 11.6. The second-order valence-electron chi connectivity index (χ2n) is 4.32. The number of nitrogens with two attached hydrogens (primary N) is 1. The van der Waals surface area contributed by atoms with Crippen LogP contribution >= 0.6 is 11.6 Å². The molecule has 0 atom stereocenters. The van der Waals surface area contributed by atoms with E-state index in [1.165, 1.54) is 18.2 Å². The number of carboxylic acids is 1. The van der Waals surface area contributed by atoms with Crippen LogP contribution in [0.2, 0.25) is 5.02 Å². The van der Waals surface area contributed by atoms with E-state index in [-0.39, 0.29) is 16.5 Å². The Morgan fingerprint density at radius 1 is 1.37 bits per heavy atom. The number of amides is 1. The first-order valence-corrected chi connectivity index (χ1v) is 6.35. The van der Waals surface area contributed by atoms with Gasteiger partial charge in [-0.1, -0.05) is 25.4 Å². The van der Waals surface area contributed by atoms with Gasteiger partial charge in [-0.05, 0) is 31.0 Å². The molecule has 1 aromatic carbocycles. The minimum Gasteiger partial charge on any atom is -0.478 e. The van der Waals surface area contributed by atoms with Crippen LogP contribution in [0.15, 0.2) is 18.2 Å². The molecule has 0 aliphatic heterocycles. The van der Waals surface area contributed by atoms with E-state index in [0.717, 1.165) is 0 Å². The van der Waals surface area contributed by atoms with Crippen molar-refractivity contribution in [2.24, 2.45) is 5.73 Å². The molecule has 0 aliphatic rings. The molecule has 0 spiro atoms. The SMILES string of the molecule is CCC(N)(CC)C(=O)Nc1ccc(C(=O)O)c(Cl)c1. The predicted octanol–water partition coefficient (Wildman–Crippen LogP) is 2.49. The molecule has 1 aromatic rings. The number of halogens is 1. The average molecular weight is 285 g/mol. The summed E-state index contributed by atoms with van der Waals surface area (Å²) >= 11 is 5.83. The first kappa shape index (κ1) is 15.5. The molecule has 4 N–H and O–H groups in total. The molecule has 0 bridgehead atoms. The highest BCUT2D eigenvalue weighted by Gasteiger charge is 2.29. The molecule has 0 fully saturated rings. The van der Waals surface area contributed by atoms with Crippen LogP contribution in [-0.2, 0) is 4.79 Å². The van der Waals surface area contributed by atoms with Gasteiger partial charge in [-0.2, -0.15) is 0 Å². The Balaban J connectivity index is 2.92. The summed E-state index contributed by atoms with van der Waals surface area (Å²) < 4.78 is 0. The Labute approximate surface area is 116 Å². The van der Waals surface area contributed by atoms with Gasteiger partial charge >= 0.3 is 5.97 Å². The summed E-state index contributed by atoms with van der Waals surface area (Å²) in [6.45, 7) is 3.67. The van der Waals surface area contributed by atoms with Gasteiger partial charge in [-0.3, -0.25) is 4.79 Å². The van der Waals surface area contributed by atoms with Crippen LogP contribution in [0.1, 0.15) is 37.0 Å². The standard InChI is InChI=1S/C13H17ClN2O3/c1-3-13(15,4-2)12(19)16-8-5-6-9(11(17)18)10(14)7-8/h5-7H,3-4,15H2,1-2H3,(H,16,19)(H,17,18). The molecule has 1 rings (SSSR count). The van der Waals surface area contributed by atoms with Crippen molar-refractivity contribution >= 4 is 29.2 Å². The summed E-state index contributed by atoms with van der Waals surface area (Å²) in [6.07, 6.45) is 1.02. The fourth-order valence-corrected chi connectivity index (χ4v) is 1.85. The van der Waals surface area contributed by atoms with E-state index in [4.69, 9.17) is 22.4 Å². The van der Waals surface area contributed by atoms with Gasteiger partial charge in [0.15, 0.2) is 0 Å². The molecular formula is C13H17ClN2O3. The monoisotopic (exact) mass is 284 g/mol. The second kappa shape index (κ2) is 6.04. The number of aromatic carboxylic acids is 1. The van der Waals surface area contributed by atoms with Gasteiger partial charge in [0.1, 0.15) is 0 Å². The third-order valence-electron chi connectivity index (χ3n) is 3.17. The van der Waals surface area contributed by atoms with Gasteiger partial charge < -0.3 is 16.2 Å². The number of rotatable bonds is 5. The molecule has 104 valence electrons. The third-order valence-corrected chi connectivity index (χ3v) is 3.48. The van der Waals surface area contributed by atoms with Crippen LogP contribution < -0.4 is 11.1 Å². The Hall–Kier alpha value is -1.59. The van der Waals surface area contributed by atoms with E-state index in [1.807, 2.05) is 13.8 Å².